The second-order valence-corrected chi connectivity index (χ2v) is 5.53. The predicted octanol–water partition coefficient (Wildman–Crippen LogP) is 3.21. The van der Waals surface area contributed by atoms with Crippen molar-refractivity contribution in [2.24, 2.45) is 0 Å². The van der Waals surface area contributed by atoms with Crippen molar-refractivity contribution in [3.05, 3.63) is 71.1 Å². The van der Waals surface area contributed by atoms with Gasteiger partial charge in [0.2, 0.25) is 5.82 Å². The van der Waals surface area contributed by atoms with E-state index < -0.39 is 0 Å². The highest BCUT2D eigenvalue weighted by Crippen LogP contribution is 2.20. The van der Waals surface area contributed by atoms with Gasteiger partial charge in [-0.3, -0.25) is 0 Å². The van der Waals surface area contributed by atoms with Gasteiger partial charge in [-0.05, 0) is 13.0 Å². The lowest BCUT2D eigenvalue weighted by Gasteiger charge is -2.10. The van der Waals surface area contributed by atoms with Crippen molar-refractivity contribution in [3.63, 3.8) is 0 Å². The number of aromatic nitrogens is 2. The molecule has 3 rings (SSSR count). The number of nitrogens with two attached hydrogens (primary N) is 1. The minimum atomic E-state index is 0.223. The Morgan fingerprint density at radius 1 is 1.09 bits per heavy atom. The maximum Gasteiger partial charge on any atom is 0.282 e. The minimum Gasteiger partial charge on any atom is -0.333 e. The Balaban J connectivity index is 1.65. The van der Waals surface area contributed by atoms with E-state index in [0.29, 0.717) is 18.3 Å². The van der Waals surface area contributed by atoms with E-state index in [0.717, 1.165) is 16.1 Å². The van der Waals surface area contributed by atoms with Gasteiger partial charge in [-0.15, -0.1) is 0 Å². The van der Waals surface area contributed by atoms with Gasteiger partial charge in [0.1, 0.15) is 6.04 Å². The quantitative estimate of drug-likeness (QED) is 0.786. The Bertz CT molecular complexity index is 742. The fourth-order valence-corrected chi connectivity index (χ4v) is 2.60. The summed E-state index contributed by atoms with van der Waals surface area (Å²) in [6, 6.07) is 17.9. The molecular formula is C17H17ClN3O+. The van der Waals surface area contributed by atoms with Crippen LogP contribution in [0.15, 0.2) is 59.1 Å². The number of hydrogen-bond donors (Lipinski definition) is 1. The van der Waals surface area contributed by atoms with E-state index in [1.165, 1.54) is 0 Å². The first-order valence-corrected chi connectivity index (χ1v) is 7.57. The lowest BCUT2D eigenvalue weighted by Crippen LogP contribution is -2.83. The molecule has 0 fully saturated rings. The summed E-state index contributed by atoms with van der Waals surface area (Å²) in [5.74, 6) is 1.23. The Kier molecular flexibility index (Phi) is 4.51. The number of halogens is 1. The third kappa shape index (κ3) is 3.35. The monoisotopic (exact) mass is 314 g/mol. The molecule has 0 saturated carbocycles. The van der Waals surface area contributed by atoms with Crippen LogP contribution in [0, 0.1) is 0 Å². The Labute approximate surface area is 134 Å². The van der Waals surface area contributed by atoms with Gasteiger partial charge in [0.25, 0.3) is 5.89 Å². The van der Waals surface area contributed by atoms with E-state index in [9.17, 15) is 0 Å². The molecule has 1 heterocycles. The molecule has 0 aliphatic carbocycles. The van der Waals surface area contributed by atoms with Gasteiger partial charge in [-0.25, -0.2) is 0 Å². The standard InChI is InChI=1S/C17H16ClN3O/c1-12(14-9-5-6-10-15(14)18)19-11-16-20-17(21-22-16)13-7-3-2-4-8-13/h2-10,12,19H,11H2,1H3/p+1/t12-/m1/s1. The third-order valence-corrected chi connectivity index (χ3v) is 3.89. The van der Waals surface area contributed by atoms with Crippen molar-refractivity contribution in [2.45, 2.75) is 19.5 Å². The summed E-state index contributed by atoms with van der Waals surface area (Å²) < 4.78 is 5.31. The lowest BCUT2D eigenvalue weighted by molar-refractivity contribution is -0.710. The molecule has 1 aromatic heterocycles. The molecule has 0 bridgehead atoms. The average molecular weight is 315 g/mol. The summed E-state index contributed by atoms with van der Waals surface area (Å²) in [6.45, 7) is 2.72. The minimum absolute atomic E-state index is 0.223. The molecule has 1 atom stereocenters. The molecule has 0 radical (unpaired) electrons. The fraction of sp³-hybridized carbons (Fsp3) is 0.176. The number of benzene rings is 2. The van der Waals surface area contributed by atoms with Crippen LogP contribution in [0.4, 0.5) is 0 Å². The van der Waals surface area contributed by atoms with Gasteiger partial charge in [-0.2, -0.15) is 4.98 Å². The molecule has 112 valence electrons. The summed E-state index contributed by atoms with van der Waals surface area (Å²) in [7, 11) is 0. The highest BCUT2D eigenvalue weighted by molar-refractivity contribution is 6.31. The van der Waals surface area contributed by atoms with Crippen molar-refractivity contribution in [2.75, 3.05) is 0 Å². The SMILES string of the molecule is C[C@@H]([NH2+]Cc1nc(-c2ccccc2)no1)c1ccccc1Cl. The zero-order valence-electron chi connectivity index (χ0n) is 12.2. The van der Waals surface area contributed by atoms with Crippen LogP contribution in [0.25, 0.3) is 11.4 Å². The van der Waals surface area contributed by atoms with Gasteiger partial charge in [0, 0.05) is 16.1 Å². The summed E-state index contributed by atoms with van der Waals surface area (Å²) in [5, 5.41) is 6.93. The first kappa shape index (κ1) is 14.8. The maximum atomic E-state index is 6.21. The van der Waals surface area contributed by atoms with E-state index in [-0.39, 0.29) is 6.04 Å². The Hall–Kier alpha value is -2.17. The molecule has 2 aromatic carbocycles. The van der Waals surface area contributed by atoms with Crippen LogP contribution in [0.3, 0.4) is 0 Å². The van der Waals surface area contributed by atoms with Crippen molar-refractivity contribution >= 4 is 11.6 Å². The van der Waals surface area contributed by atoms with Crippen LogP contribution in [-0.4, -0.2) is 10.1 Å². The number of nitrogens with zero attached hydrogens (tertiary/aromatic N) is 2. The molecule has 0 spiro atoms. The molecule has 0 unspecified atom stereocenters. The second kappa shape index (κ2) is 6.73. The van der Waals surface area contributed by atoms with Crippen molar-refractivity contribution < 1.29 is 9.84 Å². The highest BCUT2D eigenvalue weighted by Gasteiger charge is 2.15. The molecule has 0 amide bonds. The van der Waals surface area contributed by atoms with Crippen LogP contribution >= 0.6 is 11.6 Å². The number of hydrogen-bond acceptors (Lipinski definition) is 3. The van der Waals surface area contributed by atoms with Crippen molar-refractivity contribution in [1.82, 2.24) is 10.1 Å². The normalized spacial score (nSPS) is 12.3. The van der Waals surface area contributed by atoms with Gasteiger partial charge >= 0.3 is 0 Å². The van der Waals surface area contributed by atoms with Crippen molar-refractivity contribution in [1.29, 1.82) is 0 Å². The molecule has 5 heteroatoms. The first-order valence-electron chi connectivity index (χ1n) is 7.20. The van der Waals surface area contributed by atoms with Crippen LogP contribution in [0.1, 0.15) is 24.4 Å². The number of quaternary nitrogens is 1. The van der Waals surface area contributed by atoms with Crippen LogP contribution in [-0.2, 0) is 6.54 Å². The van der Waals surface area contributed by atoms with E-state index in [2.05, 4.69) is 22.4 Å². The molecule has 22 heavy (non-hydrogen) atoms. The van der Waals surface area contributed by atoms with E-state index in [1.807, 2.05) is 54.6 Å². The third-order valence-electron chi connectivity index (χ3n) is 3.54. The maximum absolute atomic E-state index is 6.21. The summed E-state index contributed by atoms with van der Waals surface area (Å²) >= 11 is 6.21. The Morgan fingerprint density at radius 3 is 2.59 bits per heavy atom. The summed E-state index contributed by atoms with van der Waals surface area (Å²) in [5.41, 5.74) is 2.06. The van der Waals surface area contributed by atoms with Gasteiger partial charge in [-0.1, -0.05) is 65.3 Å². The van der Waals surface area contributed by atoms with E-state index in [4.69, 9.17) is 16.1 Å². The topological polar surface area (TPSA) is 55.5 Å². The Morgan fingerprint density at radius 2 is 1.82 bits per heavy atom. The molecule has 0 aliphatic heterocycles. The fourth-order valence-electron chi connectivity index (χ4n) is 2.29. The van der Waals surface area contributed by atoms with Crippen molar-refractivity contribution in [3.8, 4) is 11.4 Å². The molecule has 2 N–H and O–H groups in total. The molecule has 0 saturated heterocycles. The smallest absolute Gasteiger partial charge is 0.282 e. The van der Waals surface area contributed by atoms with Crippen LogP contribution in [0.5, 0.6) is 0 Å². The van der Waals surface area contributed by atoms with Gasteiger partial charge < -0.3 is 9.84 Å². The predicted molar refractivity (Wildman–Crippen MR) is 85.2 cm³/mol. The summed E-state index contributed by atoms with van der Waals surface area (Å²) in [6.07, 6.45) is 0. The highest BCUT2D eigenvalue weighted by atomic mass is 35.5. The van der Waals surface area contributed by atoms with Gasteiger partial charge in [0.05, 0.1) is 0 Å². The first-order chi connectivity index (χ1) is 10.7. The molecular weight excluding hydrogens is 298 g/mol. The second-order valence-electron chi connectivity index (χ2n) is 5.13. The largest absolute Gasteiger partial charge is 0.333 e. The van der Waals surface area contributed by atoms with E-state index in [1.54, 1.807) is 0 Å². The van der Waals surface area contributed by atoms with Crippen LogP contribution < -0.4 is 5.32 Å². The zero-order valence-corrected chi connectivity index (χ0v) is 13.0. The van der Waals surface area contributed by atoms with Gasteiger partial charge in [0.15, 0.2) is 6.54 Å². The lowest BCUT2D eigenvalue weighted by atomic mass is 10.1. The summed E-state index contributed by atoms with van der Waals surface area (Å²) in [4.78, 5) is 4.43. The molecule has 4 nitrogen and oxygen atoms in total. The number of rotatable bonds is 5. The van der Waals surface area contributed by atoms with Crippen LogP contribution in [0.2, 0.25) is 5.02 Å². The average Bonchev–Trinajstić information content (AvgIpc) is 3.03. The van der Waals surface area contributed by atoms with E-state index >= 15 is 0 Å². The zero-order chi connectivity index (χ0) is 15.4. The molecule has 0 aliphatic rings. The molecule has 3 aromatic rings.